The van der Waals surface area contributed by atoms with E-state index in [4.69, 9.17) is 0 Å². The van der Waals surface area contributed by atoms with Gasteiger partial charge in [0, 0.05) is 44.5 Å². The minimum atomic E-state index is 0.120. The number of hydrogen-bond donors (Lipinski definition) is 1. The number of likely N-dealkylation sites (tertiary alicyclic amines) is 1. The monoisotopic (exact) mass is 336 g/mol. The Hall–Kier alpha value is -2.40. The molecule has 0 spiro atoms. The molecule has 1 aromatic carbocycles. The molecule has 0 bridgehead atoms. The van der Waals surface area contributed by atoms with Gasteiger partial charge in [-0.05, 0) is 36.6 Å². The molecule has 4 rings (SSSR count). The van der Waals surface area contributed by atoms with E-state index in [9.17, 15) is 4.79 Å². The molecule has 2 aliphatic heterocycles. The zero-order chi connectivity index (χ0) is 17.1. The fourth-order valence-electron chi connectivity index (χ4n) is 3.78. The van der Waals surface area contributed by atoms with Gasteiger partial charge in [-0.3, -0.25) is 4.79 Å². The van der Waals surface area contributed by atoms with Crippen molar-refractivity contribution in [2.75, 3.05) is 37.6 Å². The molecule has 2 fully saturated rings. The number of carbonyl (C=O) groups is 1. The SMILES string of the molecule is O=C(c1ccccc1)N1CCC[C@@H]1c1ccc(N2CCNCC2)nc1. The van der Waals surface area contributed by atoms with Gasteiger partial charge in [-0.25, -0.2) is 4.98 Å². The molecule has 1 atom stereocenters. The van der Waals surface area contributed by atoms with Crippen molar-refractivity contribution in [2.24, 2.45) is 0 Å². The number of rotatable bonds is 3. The summed E-state index contributed by atoms with van der Waals surface area (Å²) in [5.41, 5.74) is 1.90. The highest BCUT2D eigenvalue weighted by molar-refractivity contribution is 5.94. The van der Waals surface area contributed by atoms with Gasteiger partial charge in [-0.2, -0.15) is 0 Å². The number of carbonyl (C=O) groups excluding carboxylic acids is 1. The van der Waals surface area contributed by atoms with E-state index in [-0.39, 0.29) is 11.9 Å². The predicted octanol–water partition coefficient (Wildman–Crippen LogP) is 2.47. The summed E-state index contributed by atoms with van der Waals surface area (Å²) in [5, 5.41) is 3.36. The molecule has 5 nitrogen and oxygen atoms in total. The largest absolute Gasteiger partial charge is 0.354 e. The lowest BCUT2D eigenvalue weighted by molar-refractivity contribution is 0.0735. The van der Waals surface area contributed by atoms with Gasteiger partial charge in [0.25, 0.3) is 5.91 Å². The predicted molar refractivity (Wildman–Crippen MR) is 98.8 cm³/mol. The molecule has 0 saturated carbocycles. The van der Waals surface area contributed by atoms with Crippen LogP contribution in [0.2, 0.25) is 0 Å². The van der Waals surface area contributed by atoms with Crippen molar-refractivity contribution in [1.82, 2.24) is 15.2 Å². The number of benzene rings is 1. The van der Waals surface area contributed by atoms with Gasteiger partial charge in [0.2, 0.25) is 0 Å². The summed E-state index contributed by atoms with van der Waals surface area (Å²) in [4.78, 5) is 21.8. The summed E-state index contributed by atoms with van der Waals surface area (Å²) in [5.74, 6) is 1.15. The van der Waals surface area contributed by atoms with Crippen molar-refractivity contribution in [3.63, 3.8) is 0 Å². The standard InChI is InChI=1S/C20H24N4O/c25-20(16-5-2-1-3-6-16)24-12-4-7-18(24)17-8-9-19(22-15-17)23-13-10-21-11-14-23/h1-3,5-6,8-9,15,18,21H,4,7,10-14H2/t18-/m1/s1. The Kier molecular flexibility index (Phi) is 4.65. The Morgan fingerprint density at radius 2 is 1.84 bits per heavy atom. The van der Waals surface area contributed by atoms with Gasteiger partial charge in [-0.15, -0.1) is 0 Å². The van der Waals surface area contributed by atoms with Crippen LogP contribution in [-0.2, 0) is 0 Å². The summed E-state index contributed by atoms with van der Waals surface area (Å²) in [6.07, 6.45) is 4.01. The second-order valence-electron chi connectivity index (χ2n) is 6.71. The second-order valence-corrected chi connectivity index (χ2v) is 6.71. The Labute approximate surface area is 148 Å². The first kappa shape index (κ1) is 16.1. The van der Waals surface area contributed by atoms with Crippen LogP contribution in [0.25, 0.3) is 0 Å². The van der Waals surface area contributed by atoms with Crippen LogP contribution in [0.15, 0.2) is 48.7 Å². The number of piperazine rings is 1. The van der Waals surface area contributed by atoms with Gasteiger partial charge >= 0.3 is 0 Å². The molecule has 5 heteroatoms. The molecule has 130 valence electrons. The number of pyridine rings is 1. The molecular weight excluding hydrogens is 312 g/mol. The van der Waals surface area contributed by atoms with Crippen molar-refractivity contribution in [2.45, 2.75) is 18.9 Å². The van der Waals surface area contributed by atoms with Gasteiger partial charge in [-0.1, -0.05) is 24.3 Å². The third kappa shape index (κ3) is 3.37. The Bertz CT molecular complexity index is 710. The van der Waals surface area contributed by atoms with Gasteiger partial charge in [0.05, 0.1) is 6.04 Å². The lowest BCUT2D eigenvalue weighted by atomic mass is 10.1. The second kappa shape index (κ2) is 7.23. The summed E-state index contributed by atoms with van der Waals surface area (Å²) in [6.45, 7) is 4.82. The van der Waals surface area contributed by atoms with E-state index in [0.29, 0.717) is 0 Å². The number of nitrogens with zero attached hydrogens (tertiary/aromatic N) is 3. The average molecular weight is 336 g/mol. The van der Waals surface area contributed by atoms with Crippen molar-refractivity contribution in [3.8, 4) is 0 Å². The molecule has 2 saturated heterocycles. The first-order chi connectivity index (χ1) is 12.3. The molecular formula is C20H24N4O. The van der Waals surface area contributed by atoms with Crippen LogP contribution < -0.4 is 10.2 Å². The molecule has 1 amide bonds. The fraction of sp³-hybridized carbons (Fsp3) is 0.400. The van der Waals surface area contributed by atoms with E-state index >= 15 is 0 Å². The highest BCUT2D eigenvalue weighted by Crippen LogP contribution is 2.33. The van der Waals surface area contributed by atoms with Crippen LogP contribution in [0.4, 0.5) is 5.82 Å². The highest BCUT2D eigenvalue weighted by atomic mass is 16.2. The molecule has 2 aromatic rings. The van der Waals surface area contributed by atoms with Crippen molar-refractivity contribution in [3.05, 3.63) is 59.8 Å². The zero-order valence-electron chi connectivity index (χ0n) is 14.4. The summed E-state index contributed by atoms with van der Waals surface area (Å²) in [7, 11) is 0. The summed E-state index contributed by atoms with van der Waals surface area (Å²) < 4.78 is 0. The van der Waals surface area contributed by atoms with Crippen LogP contribution in [0.1, 0.15) is 34.8 Å². The minimum Gasteiger partial charge on any atom is -0.354 e. The van der Waals surface area contributed by atoms with E-state index in [1.54, 1.807) is 0 Å². The number of hydrogen-bond acceptors (Lipinski definition) is 4. The van der Waals surface area contributed by atoms with E-state index in [1.165, 1.54) is 0 Å². The smallest absolute Gasteiger partial charge is 0.254 e. The molecule has 0 radical (unpaired) electrons. The summed E-state index contributed by atoms with van der Waals surface area (Å²) >= 11 is 0. The first-order valence-electron chi connectivity index (χ1n) is 9.10. The van der Waals surface area contributed by atoms with Crippen molar-refractivity contribution in [1.29, 1.82) is 0 Å². The summed E-state index contributed by atoms with van der Waals surface area (Å²) in [6, 6.07) is 13.9. The van der Waals surface area contributed by atoms with Gasteiger partial charge in [0.1, 0.15) is 5.82 Å². The van der Waals surface area contributed by atoms with E-state index in [0.717, 1.165) is 62.5 Å². The maximum Gasteiger partial charge on any atom is 0.254 e. The maximum atomic E-state index is 12.8. The van der Waals surface area contributed by atoms with Crippen LogP contribution in [-0.4, -0.2) is 48.5 Å². The van der Waals surface area contributed by atoms with Crippen LogP contribution in [0.3, 0.4) is 0 Å². The number of aromatic nitrogens is 1. The number of amides is 1. The minimum absolute atomic E-state index is 0.120. The Balaban J connectivity index is 1.51. The Morgan fingerprint density at radius 3 is 2.56 bits per heavy atom. The van der Waals surface area contributed by atoms with Crippen LogP contribution >= 0.6 is 0 Å². The molecule has 3 heterocycles. The molecule has 1 aromatic heterocycles. The molecule has 25 heavy (non-hydrogen) atoms. The Morgan fingerprint density at radius 1 is 1.04 bits per heavy atom. The fourth-order valence-corrected chi connectivity index (χ4v) is 3.78. The van der Waals surface area contributed by atoms with Crippen LogP contribution in [0.5, 0.6) is 0 Å². The normalized spacial score (nSPS) is 20.7. The van der Waals surface area contributed by atoms with E-state index in [1.807, 2.05) is 41.4 Å². The first-order valence-corrected chi connectivity index (χ1v) is 9.10. The molecule has 1 N–H and O–H groups in total. The lowest BCUT2D eigenvalue weighted by Gasteiger charge is -2.29. The van der Waals surface area contributed by atoms with E-state index in [2.05, 4.69) is 27.3 Å². The molecule has 2 aliphatic rings. The average Bonchev–Trinajstić information content (AvgIpc) is 3.19. The third-order valence-electron chi connectivity index (χ3n) is 5.13. The number of anilines is 1. The maximum absolute atomic E-state index is 12.8. The topological polar surface area (TPSA) is 48.5 Å². The van der Waals surface area contributed by atoms with Gasteiger partial charge in [0.15, 0.2) is 0 Å². The van der Waals surface area contributed by atoms with E-state index < -0.39 is 0 Å². The molecule has 0 unspecified atom stereocenters. The zero-order valence-corrected chi connectivity index (χ0v) is 14.4. The highest BCUT2D eigenvalue weighted by Gasteiger charge is 2.30. The third-order valence-corrected chi connectivity index (χ3v) is 5.13. The lowest BCUT2D eigenvalue weighted by Crippen LogP contribution is -2.43. The van der Waals surface area contributed by atoms with Crippen molar-refractivity contribution >= 4 is 11.7 Å². The van der Waals surface area contributed by atoms with Crippen molar-refractivity contribution < 1.29 is 4.79 Å². The van der Waals surface area contributed by atoms with Crippen LogP contribution in [0, 0.1) is 0 Å². The molecule has 0 aliphatic carbocycles. The van der Waals surface area contributed by atoms with Gasteiger partial charge < -0.3 is 15.1 Å². The quantitative estimate of drug-likeness (QED) is 0.935. The number of nitrogens with one attached hydrogen (secondary N) is 1.